The van der Waals surface area contributed by atoms with Gasteiger partial charge in [-0.2, -0.15) is 4.98 Å². The van der Waals surface area contributed by atoms with E-state index in [2.05, 4.69) is 25.2 Å². The van der Waals surface area contributed by atoms with Gasteiger partial charge in [-0.1, -0.05) is 29.4 Å². The lowest BCUT2D eigenvalue weighted by Crippen LogP contribution is -2.50. The maximum absolute atomic E-state index is 13.5. The minimum atomic E-state index is -4.82. The van der Waals surface area contributed by atoms with E-state index in [1.807, 2.05) is 0 Å². The predicted octanol–water partition coefficient (Wildman–Crippen LogP) is 4.79. The first-order chi connectivity index (χ1) is 17.2. The summed E-state index contributed by atoms with van der Waals surface area (Å²) in [4.78, 5) is 22.2. The molecule has 11 heteroatoms. The molecular weight excluding hydrogens is 477 g/mol. The van der Waals surface area contributed by atoms with Crippen LogP contribution in [0.2, 0.25) is 0 Å². The lowest BCUT2D eigenvalue weighted by molar-refractivity contribution is -0.274. The number of nitrogens with one attached hydrogen (secondary N) is 1. The van der Waals surface area contributed by atoms with E-state index < -0.39 is 17.8 Å². The van der Waals surface area contributed by atoms with Gasteiger partial charge in [-0.15, -0.1) is 13.2 Å². The fourth-order valence-electron chi connectivity index (χ4n) is 4.16. The number of benzene rings is 2. The normalized spacial score (nSPS) is 17.1. The molecule has 0 saturated heterocycles. The summed E-state index contributed by atoms with van der Waals surface area (Å²) in [6, 6.07) is 15.5. The van der Waals surface area contributed by atoms with Crippen LogP contribution in [-0.2, 0) is 5.54 Å². The summed E-state index contributed by atoms with van der Waals surface area (Å²) in [6.07, 6.45) is -2.96. The van der Waals surface area contributed by atoms with Gasteiger partial charge in [0.05, 0.1) is 6.61 Å². The molecule has 1 amide bonds. The highest BCUT2D eigenvalue weighted by Crippen LogP contribution is 2.41. The second-order valence-electron chi connectivity index (χ2n) is 8.10. The minimum Gasteiger partial charge on any atom is -0.491 e. The molecule has 184 valence electrons. The van der Waals surface area contributed by atoms with E-state index in [4.69, 9.17) is 9.26 Å². The Morgan fingerprint density at radius 3 is 2.64 bits per heavy atom. The third kappa shape index (κ3) is 4.59. The number of amides is 1. The van der Waals surface area contributed by atoms with Crippen LogP contribution in [-0.4, -0.2) is 34.0 Å². The molecule has 5 rings (SSSR count). The summed E-state index contributed by atoms with van der Waals surface area (Å²) < 4.78 is 52.8. The second kappa shape index (κ2) is 8.99. The Hall–Kier alpha value is -4.41. The van der Waals surface area contributed by atoms with Crippen LogP contribution in [0.4, 0.5) is 13.2 Å². The molecule has 36 heavy (non-hydrogen) atoms. The van der Waals surface area contributed by atoms with Crippen molar-refractivity contribution in [3.8, 4) is 22.9 Å². The van der Waals surface area contributed by atoms with Gasteiger partial charge in [0.1, 0.15) is 22.7 Å². The van der Waals surface area contributed by atoms with Crippen molar-refractivity contribution < 1.29 is 32.0 Å². The first-order valence-corrected chi connectivity index (χ1v) is 10.9. The predicted molar refractivity (Wildman–Crippen MR) is 120 cm³/mol. The number of ether oxygens (including phenoxy) is 2. The van der Waals surface area contributed by atoms with Crippen molar-refractivity contribution in [1.29, 1.82) is 0 Å². The van der Waals surface area contributed by atoms with Gasteiger partial charge >= 0.3 is 6.36 Å². The van der Waals surface area contributed by atoms with Crippen molar-refractivity contribution in [3.63, 3.8) is 0 Å². The largest absolute Gasteiger partial charge is 0.573 e. The van der Waals surface area contributed by atoms with Crippen LogP contribution in [0.25, 0.3) is 11.4 Å². The molecule has 0 saturated carbocycles. The van der Waals surface area contributed by atoms with Gasteiger partial charge in [-0.05, 0) is 42.0 Å². The number of fused-ring (bicyclic) bond motifs is 1. The number of aryl methyl sites for hydroxylation is 1. The third-order valence-electron chi connectivity index (χ3n) is 5.73. The number of rotatable bonds is 5. The first kappa shape index (κ1) is 23.3. The van der Waals surface area contributed by atoms with Crippen LogP contribution in [0, 0.1) is 6.92 Å². The number of hydrogen-bond donors (Lipinski definition) is 1. The molecule has 2 aromatic heterocycles. The summed E-state index contributed by atoms with van der Waals surface area (Å²) in [5.41, 5.74) is 0.724. The summed E-state index contributed by atoms with van der Waals surface area (Å²) >= 11 is 0. The third-order valence-corrected chi connectivity index (χ3v) is 5.73. The lowest BCUT2D eigenvalue weighted by Gasteiger charge is -2.39. The zero-order chi connectivity index (χ0) is 25.3. The van der Waals surface area contributed by atoms with Gasteiger partial charge in [-0.25, -0.2) is 0 Å². The standard InChI is InChI=1S/C25H19F3N4O4/c1-15-30-22(32-36-15)16-4-2-5-17(14-16)23(33)31-24(11-13-34-20-6-3-12-29-21(20)24)18-7-9-19(10-8-18)35-25(26,27)28/h2-10,12,14H,11,13H2,1H3,(H,31,33)/t24-/m0/s1. The van der Waals surface area contributed by atoms with Crippen molar-refractivity contribution in [2.45, 2.75) is 25.2 Å². The monoisotopic (exact) mass is 496 g/mol. The molecule has 0 spiro atoms. The topological polar surface area (TPSA) is 99.4 Å². The van der Waals surface area contributed by atoms with Crippen molar-refractivity contribution in [1.82, 2.24) is 20.4 Å². The van der Waals surface area contributed by atoms with Crippen LogP contribution >= 0.6 is 0 Å². The summed E-state index contributed by atoms with van der Waals surface area (Å²) in [7, 11) is 0. The average Bonchev–Trinajstić information content (AvgIpc) is 3.30. The molecule has 1 atom stereocenters. The van der Waals surface area contributed by atoms with E-state index in [9.17, 15) is 18.0 Å². The smallest absolute Gasteiger partial charge is 0.491 e. The van der Waals surface area contributed by atoms with E-state index in [1.54, 1.807) is 49.5 Å². The fraction of sp³-hybridized carbons (Fsp3) is 0.200. The molecule has 3 heterocycles. The van der Waals surface area contributed by atoms with Crippen molar-refractivity contribution >= 4 is 5.91 Å². The highest BCUT2D eigenvalue weighted by atomic mass is 19.4. The average molecular weight is 496 g/mol. The van der Waals surface area contributed by atoms with Crippen LogP contribution < -0.4 is 14.8 Å². The molecule has 8 nitrogen and oxygen atoms in total. The van der Waals surface area contributed by atoms with Crippen LogP contribution in [0.3, 0.4) is 0 Å². The number of carbonyl (C=O) groups is 1. The molecule has 0 fully saturated rings. The minimum absolute atomic E-state index is 0.252. The SMILES string of the molecule is Cc1nc(-c2cccc(C(=O)N[C@]3(c4ccc(OC(F)(F)F)cc4)CCOc4cccnc43)c2)no1. The molecule has 1 aliphatic heterocycles. The van der Waals surface area contributed by atoms with Crippen molar-refractivity contribution in [3.05, 3.63) is 89.6 Å². The van der Waals surface area contributed by atoms with Crippen LogP contribution in [0.15, 0.2) is 71.4 Å². The van der Waals surface area contributed by atoms with E-state index >= 15 is 0 Å². The summed E-state index contributed by atoms with van der Waals surface area (Å²) in [5.74, 6) is 0.405. The van der Waals surface area contributed by atoms with E-state index in [0.29, 0.717) is 46.3 Å². The van der Waals surface area contributed by atoms with Gasteiger partial charge in [0.25, 0.3) is 5.91 Å². The maximum atomic E-state index is 13.5. The van der Waals surface area contributed by atoms with Gasteiger partial charge in [0, 0.05) is 30.7 Å². The number of carbonyl (C=O) groups excluding carboxylic acids is 1. The second-order valence-corrected chi connectivity index (χ2v) is 8.10. The Morgan fingerprint density at radius 1 is 1.11 bits per heavy atom. The Bertz CT molecular complexity index is 1400. The molecule has 0 bridgehead atoms. The Kier molecular flexibility index (Phi) is 5.83. The Balaban J connectivity index is 1.53. The van der Waals surface area contributed by atoms with Crippen molar-refractivity contribution in [2.75, 3.05) is 6.61 Å². The zero-order valence-corrected chi connectivity index (χ0v) is 18.9. The summed E-state index contributed by atoms with van der Waals surface area (Å²) in [5, 5.41) is 6.95. The Morgan fingerprint density at radius 2 is 1.92 bits per heavy atom. The first-order valence-electron chi connectivity index (χ1n) is 10.9. The highest BCUT2D eigenvalue weighted by molar-refractivity contribution is 5.96. The van der Waals surface area contributed by atoms with Gasteiger partial charge in [-0.3, -0.25) is 9.78 Å². The van der Waals surface area contributed by atoms with E-state index in [-0.39, 0.29) is 12.4 Å². The molecular formula is C25H19F3N4O4. The summed E-state index contributed by atoms with van der Waals surface area (Å²) in [6.45, 7) is 1.92. The van der Waals surface area contributed by atoms with Crippen LogP contribution in [0.5, 0.6) is 11.5 Å². The van der Waals surface area contributed by atoms with Gasteiger partial charge in [0.2, 0.25) is 11.7 Å². The molecule has 1 aliphatic rings. The molecule has 0 aliphatic carbocycles. The van der Waals surface area contributed by atoms with E-state index in [0.717, 1.165) is 0 Å². The quantitative estimate of drug-likeness (QED) is 0.424. The number of pyridine rings is 1. The number of aromatic nitrogens is 3. The molecule has 1 N–H and O–H groups in total. The van der Waals surface area contributed by atoms with E-state index in [1.165, 1.54) is 24.3 Å². The zero-order valence-electron chi connectivity index (χ0n) is 18.9. The fourth-order valence-corrected chi connectivity index (χ4v) is 4.16. The number of hydrogen-bond acceptors (Lipinski definition) is 7. The lowest BCUT2D eigenvalue weighted by atomic mass is 9.81. The van der Waals surface area contributed by atoms with Crippen LogP contribution in [0.1, 0.15) is 33.9 Å². The highest BCUT2D eigenvalue weighted by Gasteiger charge is 2.43. The van der Waals surface area contributed by atoms with Crippen molar-refractivity contribution in [2.24, 2.45) is 0 Å². The number of halogens is 3. The van der Waals surface area contributed by atoms with Gasteiger partial charge in [0.15, 0.2) is 0 Å². The molecule has 4 aromatic rings. The Labute approximate surface area is 203 Å². The maximum Gasteiger partial charge on any atom is 0.573 e. The molecule has 0 radical (unpaired) electrons. The van der Waals surface area contributed by atoms with Gasteiger partial charge < -0.3 is 19.3 Å². The number of alkyl halides is 3. The molecule has 2 aromatic carbocycles. The number of nitrogens with zero attached hydrogens (tertiary/aromatic N) is 3. The molecule has 0 unspecified atom stereocenters.